The van der Waals surface area contributed by atoms with E-state index in [0.717, 1.165) is 34.4 Å². The van der Waals surface area contributed by atoms with E-state index >= 15 is 0 Å². The molecule has 0 aliphatic heterocycles. The fraction of sp³-hybridized carbons (Fsp3) is 0.444. The fourth-order valence-electron chi connectivity index (χ4n) is 2.26. The van der Waals surface area contributed by atoms with Gasteiger partial charge in [-0.25, -0.2) is 9.59 Å². The third-order valence-electron chi connectivity index (χ3n) is 3.64. The number of aromatic nitrogens is 2. The first-order valence-corrected chi connectivity index (χ1v) is 12.0. The number of hydrogen-bond donors (Lipinski definition) is 2. The Labute approximate surface area is 191 Å². The van der Waals surface area contributed by atoms with Crippen molar-refractivity contribution in [3.05, 3.63) is 16.0 Å². The number of thioether (sulfide) groups is 1. The summed E-state index contributed by atoms with van der Waals surface area (Å²) in [7, 11) is 0. The van der Waals surface area contributed by atoms with Gasteiger partial charge in [-0.3, -0.25) is 9.59 Å². The zero-order valence-electron chi connectivity index (χ0n) is 17.4. The number of nitrogens with one attached hydrogen (secondary N) is 2. The molecule has 0 unspecified atom stereocenters. The van der Waals surface area contributed by atoms with E-state index in [4.69, 9.17) is 9.47 Å². The van der Waals surface area contributed by atoms with E-state index < -0.39 is 17.8 Å². The third kappa shape index (κ3) is 6.74. The minimum Gasteiger partial charge on any atom is -0.462 e. The summed E-state index contributed by atoms with van der Waals surface area (Å²) in [6, 6.07) is 0. The summed E-state index contributed by atoms with van der Waals surface area (Å²) in [6.07, 6.45) is 0.321. The summed E-state index contributed by atoms with van der Waals surface area (Å²) in [6.45, 7) is 7.01. The van der Waals surface area contributed by atoms with Crippen LogP contribution in [0.15, 0.2) is 4.34 Å². The lowest BCUT2D eigenvalue weighted by atomic mass is 10.1. The maximum absolute atomic E-state index is 12.5. The highest BCUT2D eigenvalue weighted by Gasteiger charge is 2.27. The van der Waals surface area contributed by atoms with Crippen LogP contribution in [-0.2, 0) is 19.1 Å². The van der Waals surface area contributed by atoms with Crippen LogP contribution in [0.25, 0.3) is 0 Å². The number of esters is 2. The molecule has 10 nitrogen and oxygen atoms in total. The number of nitrogens with zero attached hydrogens (tertiary/aromatic N) is 2. The Kier molecular flexibility index (Phi) is 9.40. The quantitative estimate of drug-likeness (QED) is 0.294. The summed E-state index contributed by atoms with van der Waals surface area (Å²) in [5.74, 6) is -1.79. The predicted octanol–water partition coefficient (Wildman–Crippen LogP) is 3.34. The lowest BCUT2D eigenvalue weighted by Gasteiger charge is -2.06. The van der Waals surface area contributed by atoms with E-state index in [1.165, 1.54) is 0 Å². The Balaban J connectivity index is 2.10. The smallest absolute Gasteiger partial charge is 0.348 e. The van der Waals surface area contributed by atoms with Gasteiger partial charge in [0.25, 0.3) is 0 Å². The van der Waals surface area contributed by atoms with Crippen LogP contribution in [-0.4, -0.2) is 52.9 Å². The van der Waals surface area contributed by atoms with E-state index in [9.17, 15) is 19.2 Å². The van der Waals surface area contributed by atoms with Crippen LogP contribution in [0.2, 0.25) is 0 Å². The maximum Gasteiger partial charge on any atom is 0.348 e. The van der Waals surface area contributed by atoms with Crippen LogP contribution in [0, 0.1) is 6.92 Å². The van der Waals surface area contributed by atoms with Crippen molar-refractivity contribution in [2.24, 2.45) is 0 Å². The van der Waals surface area contributed by atoms with E-state index in [1.54, 1.807) is 27.7 Å². The lowest BCUT2D eigenvalue weighted by Crippen LogP contribution is -2.16. The highest BCUT2D eigenvalue weighted by molar-refractivity contribution is 8.01. The SMILES string of the molecule is CCOC(=O)c1sc(NC(=O)CSc2nnc(NC(=O)CC)s2)c(C(=O)OCC)c1C. The van der Waals surface area contributed by atoms with Crippen LogP contribution in [0.3, 0.4) is 0 Å². The summed E-state index contributed by atoms with van der Waals surface area (Å²) >= 11 is 3.25. The second-order valence-electron chi connectivity index (χ2n) is 5.81. The molecule has 2 aromatic rings. The third-order valence-corrected chi connectivity index (χ3v) is 6.80. The minimum absolute atomic E-state index is 0.00961. The van der Waals surface area contributed by atoms with Crippen molar-refractivity contribution in [1.82, 2.24) is 10.2 Å². The molecule has 2 rings (SSSR count). The molecule has 0 radical (unpaired) electrons. The molecule has 168 valence electrons. The monoisotopic (exact) mass is 486 g/mol. The molecule has 2 N–H and O–H groups in total. The molecular weight excluding hydrogens is 464 g/mol. The Morgan fingerprint density at radius 2 is 1.61 bits per heavy atom. The summed E-state index contributed by atoms with van der Waals surface area (Å²) in [4.78, 5) is 48.7. The van der Waals surface area contributed by atoms with Crippen molar-refractivity contribution in [1.29, 1.82) is 0 Å². The van der Waals surface area contributed by atoms with Crippen LogP contribution in [0.1, 0.15) is 52.8 Å². The molecule has 2 aromatic heterocycles. The molecule has 2 heterocycles. The van der Waals surface area contributed by atoms with Gasteiger partial charge in [-0.1, -0.05) is 30.0 Å². The average Bonchev–Trinajstić information content (AvgIpc) is 3.30. The molecule has 0 aromatic carbocycles. The van der Waals surface area contributed by atoms with Crippen molar-refractivity contribution >= 4 is 68.3 Å². The van der Waals surface area contributed by atoms with Gasteiger partial charge in [0.2, 0.25) is 16.9 Å². The van der Waals surface area contributed by atoms with E-state index in [0.29, 0.717) is 21.5 Å². The van der Waals surface area contributed by atoms with Crippen molar-refractivity contribution in [2.75, 3.05) is 29.6 Å². The summed E-state index contributed by atoms with van der Waals surface area (Å²) < 4.78 is 10.6. The van der Waals surface area contributed by atoms with Gasteiger partial charge in [0.1, 0.15) is 9.88 Å². The summed E-state index contributed by atoms with van der Waals surface area (Å²) in [5, 5.41) is 13.6. The number of thiophene rings is 1. The van der Waals surface area contributed by atoms with Gasteiger partial charge in [0.05, 0.1) is 24.5 Å². The van der Waals surface area contributed by atoms with Crippen LogP contribution in [0.4, 0.5) is 10.1 Å². The standard InChI is InChI=1S/C18H22N4O6S3/c1-5-10(23)20-17-21-22-18(31-17)29-8-11(24)19-14-12(15(25)27-6-2)9(4)13(30-14)16(26)28-7-3/h5-8H2,1-4H3,(H,19,24)(H,20,21,23). The number of hydrogen-bond acceptors (Lipinski definition) is 11. The average molecular weight is 487 g/mol. The number of rotatable bonds is 10. The van der Waals surface area contributed by atoms with Gasteiger partial charge >= 0.3 is 11.9 Å². The molecule has 0 bridgehead atoms. The van der Waals surface area contributed by atoms with Gasteiger partial charge in [0.15, 0.2) is 4.34 Å². The van der Waals surface area contributed by atoms with Crippen molar-refractivity contribution < 1.29 is 28.7 Å². The van der Waals surface area contributed by atoms with Gasteiger partial charge in [0, 0.05) is 6.42 Å². The molecule has 0 saturated heterocycles. The number of carbonyl (C=O) groups is 4. The number of ether oxygens (including phenoxy) is 2. The number of anilines is 2. The molecule has 0 spiro atoms. The first-order valence-electron chi connectivity index (χ1n) is 9.34. The van der Waals surface area contributed by atoms with Gasteiger partial charge in [-0.05, 0) is 26.3 Å². The minimum atomic E-state index is -0.629. The highest BCUT2D eigenvalue weighted by atomic mass is 32.2. The lowest BCUT2D eigenvalue weighted by molar-refractivity contribution is -0.116. The van der Waals surface area contributed by atoms with Crippen LogP contribution < -0.4 is 10.6 Å². The van der Waals surface area contributed by atoms with Gasteiger partial charge in [-0.15, -0.1) is 21.5 Å². The van der Waals surface area contributed by atoms with Crippen molar-refractivity contribution in [3.63, 3.8) is 0 Å². The second-order valence-corrected chi connectivity index (χ2v) is 9.03. The first-order chi connectivity index (χ1) is 14.8. The Bertz CT molecular complexity index is 972. The molecule has 0 aliphatic carbocycles. The van der Waals surface area contributed by atoms with Crippen molar-refractivity contribution in [2.45, 2.75) is 38.5 Å². The molecule has 0 saturated carbocycles. The summed E-state index contributed by atoms with van der Waals surface area (Å²) in [5.41, 5.74) is 0.527. The predicted molar refractivity (Wildman–Crippen MR) is 119 cm³/mol. The molecule has 0 atom stereocenters. The molecule has 31 heavy (non-hydrogen) atoms. The van der Waals surface area contributed by atoms with Gasteiger partial charge in [-0.2, -0.15) is 0 Å². The van der Waals surface area contributed by atoms with Gasteiger partial charge < -0.3 is 20.1 Å². The van der Waals surface area contributed by atoms with E-state index in [2.05, 4.69) is 20.8 Å². The normalized spacial score (nSPS) is 10.5. The topological polar surface area (TPSA) is 137 Å². The molecular formula is C18H22N4O6S3. The Morgan fingerprint density at radius 1 is 0.935 bits per heavy atom. The van der Waals surface area contributed by atoms with Crippen molar-refractivity contribution in [3.8, 4) is 0 Å². The molecule has 0 fully saturated rings. The van der Waals surface area contributed by atoms with Crippen LogP contribution in [0.5, 0.6) is 0 Å². The number of carbonyl (C=O) groups excluding carboxylic acids is 4. The molecule has 13 heteroatoms. The van der Waals surface area contributed by atoms with Crippen LogP contribution >= 0.6 is 34.4 Å². The van der Waals surface area contributed by atoms with E-state index in [-0.39, 0.29) is 40.3 Å². The zero-order valence-corrected chi connectivity index (χ0v) is 19.8. The number of amides is 2. The Morgan fingerprint density at radius 3 is 2.26 bits per heavy atom. The second kappa shape index (κ2) is 11.8. The largest absolute Gasteiger partial charge is 0.462 e. The maximum atomic E-state index is 12.5. The van der Waals surface area contributed by atoms with E-state index in [1.807, 2.05) is 0 Å². The molecule has 0 aliphatic rings. The zero-order chi connectivity index (χ0) is 23.0. The first kappa shape index (κ1) is 24.8. The Hall–Kier alpha value is -2.51. The molecule has 2 amide bonds. The highest BCUT2D eigenvalue weighted by Crippen LogP contribution is 2.35. The fourth-order valence-corrected chi connectivity index (χ4v) is 4.93.